The van der Waals surface area contributed by atoms with Crippen LogP contribution in [-0.4, -0.2) is 25.2 Å². The number of nitrogens with one attached hydrogen (secondary N) is 2. The van der Waals surface area contributed by atoms with Gasteiger partial charge < -0.3 is 15.4 Å². The van der Waals surface area contributed by atoms with Crippen LogP contribution in [0.1, 0.15) is 62.8 Å². The molecule has 0 fully saturated rings. The molecule has 0 heterocycles. The predicted molar refractivity (Wildman–Crippen MR) is 107 cm³/mol. The molecule has 5 heteroatoms. The first kappa shape index (κ1) is 21.0. The Bertz CT molecular complexity index is 704. The molecule has 0 saturated heterocycles. The second kappa shape index (κ2) is 10.7. The van der Waals surface area contributed by atoms with Crippen LogP contribution >= 0.6 is 0 Å². The number of carbonyl (C=O) groups excluding carboxylic acids is 1. The van der Waals surface area contributed by atoms with Gasteiger partial charge in [0.05, 0.1) is 12.1 Å². The Labute approximate surface area is 162 Å². The van der Waals surface area contributed by atoms with Gasteiger partial charge in [0.25, 0.3) is 5.91 Å². The second-order valence-corrected chi connectivity index (χ2v) is 7.33. The van der Waals surface area contributed by atoms with Gasteiger partial charge in [-0.05, 0) is 69.6 Å². The molecule has 1 aliphatic carbocycles. The van der Waals surface area contributed by atoms with Crippen LogP contribution in [0, 0.1) is 11.3 Å². The number of ether oxygens (including phenoxy) is 1. The van der Waals surface area contributed by atoms with E-state index in [0.717, 1.165) is 24.8 Å². The summed E-state index contributed by atoms with van der Waals surface area (Å²) in [5, 5.41) is 15.2. The molecule has 0 aromatic heterocycles. The van der Waals surface area contributed by atoms with Crippen molar-refractivity contribution in [3.8, 4) is 6.07 Å². The van der Waals surface area contributed by atoms with E-state index in [-0.39, 0.29) is 23.6 Å². The molecule has 5 nitrogen and oxygen atoms in total. The maximum Gasteiger partial charge on any atom is 0.263 e. The van der Waals surface area contributed by atoms with Gasteiger partial charge in [0.1, 0.15) is 11.6 Å². The molecular formula is C22H31N3O2. The third-order valence-electron chi connectivity index (χ3n) is 4.75. The van der Waals surface area contributed by atoms with E-state index in [1.54, 1.807) is 0 Å². The highest BCUT2D eigenvalue weighted by molar-refractivity contribution is 5.97. The zero-order valence-corrected chi connectivity index (χ0v) is 16.7. The molecule has 1 aromatic carbocycles. The normalized spacial score (nSPS) is 15.0. The van der Waals surface area contributed by atoms with Gasteiger partial charge in [0.15, 0.2) is 0 Å². The molecule has 0 spiro atoms. The number of carbonyl (C=O) groups is 1. The second-order valence-electron chi connectivity index (χ2n) is 7.33. The minimum atomic E-state index is -0.353. The number of benzene rings is 1. The van der Waals surface area contributed by atoms with E-state index in [2.05, 4.69) is 28.8 Å². The number of hydrogen-bond donors (Lipinski definition) is 2. The maximum atomic E-state index is 12.4. The van der Waals surface area contributed by atoms with Gasteiger partial charge in [-0.15, -0.1) is 0 Å². The summed E-state index contributed by atoms with van der Waals surface area (Å²) in [5.74, 6) is -0.353. The lowest BCUT2D eigenvalue weighted by atomic mass is 9.89. The lowest BCUT2D eigenvalue weighted by Crippen LogP contribution is -2.28. The summed E-state index contributed by atoms with van der Waals surface area (Å²) in [6.45, 7) is 7.26. The average molecular weight is 370 g/mol. The minimum Gasteiger partial charge on any atom is -0.390 e. The highest BCUT2D eigenvalue weighted by atomic mass is 16.5. The lowest BCUT2D eigenvalue weighted by Gasteiger charge is -2.20. The van der Waals surface area contributed by atoms with E-state index < -0.39 is 0 Å². The monoisotopic (exact) mass is 369 g/mol. The van der Waals surface area contributed by atoms with E-state index in [0.29, 0.717) is 13.2 Å². The highest BCUT2D eigenvalue weighted by Crippen LogP contribution is 2.24. The summed E-state index contributed by atoms with van der Waals surface area (Å²) >= 11 is 0. The molecule has 27 heavy (non-hydrogen) atoms. The van der Waals surface area contributed by atoms with E-state index in [9.17, 15) is 10.1 Å². The van der Waals surface area contributed by atoms with Gasteiger partial charge in [-0.2, -0.15) is 5.26 Å². The SMILES string of the molecule is CC(C)OCCCN/C=C(/C#N)C(=O)NC(C)c1ccc2c(c1)CCCC2. The van der Waals surface area contributed by atoms with Gasteiger partial charge in [-0.1, -0.05) is 18.2 Å². The Kier molecular flexibility index (Phi) is 8.35. The van der Waals surface area contributed by atoms with Crippen LogP contribution in [0.4, 0.5) is 0 Å². The topological polar surface area (TPSA) is 74.1 Å². The smallest absolute Gasteiger partial charge is 0.263 e. The van der Waals surface area contributed by atoms with Crippen LogP contribution in [0.15, 0.2) is 30.0 Å². The fourth-order valence-corrected chi connectivity index (χ4v) is 3.20. The fraction of sp³-hybridized carbons (Fsp3) is 0.545. The number of nitriles is 1. The number of nitrogens with zero attached hydrogens (tertiary/aromatic N) is 1. The fourth-order valence-electron chi connectivity index (χ4n) is 3.20. The van der Waals surface area contributed by atoms with Gasteiger partial charge in [-0.3, -0.25) is 4.79 Å². The van der Waals surface area contributed by atoms with Crippen molar-refractivity contribution in [2.24, 2.45) is 0 Å². The van der Waals surface area contributed by atoms with Crippen LogP contribution in [0.5, 0.6) is 0 Å². The molecule has 1 amide bonds. The van der Waals surface area contributed by atoms with Gasteiger partial charge in [0, 0.05) is 19.4 Å². The van der Waals surface area contributed by atoms with Crippen molar-refractivity contribution in [3.63, 3.8) is 0 Å². The zero-order chi connectivity index (χ0) is 19.6. The molecule has 1 aromatic rings. The van der Waals surface area contributed by atoms with Crippen molar-refractivity contribution in [2.45, 2.75) is 65.0 Å². The molecule has 2 N–H and O–H groups in total. The molecular weight excluding hydrogens is 338 g/mol. The zero-order valence-electron chi connectivity index (χ0n) is 16.7. The molecule has 0 bridgehead atoms. The van der Waals surface area contributed by atoms with Crippen LogP contribution in [0.3, 0.4) is 0 Å². The van der Waals surface area contributed by atoms with Crippen molar-refractivity contribution in [1.29, 1.82) is 5.26 Å². The summed E-state index contributed by atoms with van der Waals surface area (Å²) in [6, 6.07) is 8.29. The van der Waals surface area contributed by atoms with Gasteiger partial charge in [-0.25, -0.2) is 0 Å². The van der Waals surface area contributed by atoms with Crippen molar-refractivity contribution in [3.05, 3.63) is 46.7 Å². The van der Waals surface area contributed by atoms with Crippen molar-refractivity contribution in [1.82, 2.24) is 10.6 Å². The maximum absolute atomic E-state index is 12.4. The molecule has 1 unspecified atom stereocenters. The number of rotatable bonds is 9. The molecule has 1 aliphatic rings. The van der Waals surface area contributed by atoms with Crippen molar-refractivity contribution in [2.75, 3.05) is 13.2 Å². The molecule has 0 saturated carbocycles. The van der Waals surface area contributed by atoms with Crippen molar-refractivity contribution >= 4 is 5.91 Å². The molecule has 1 atom stereocenters. The predicted octanol–water partition coefficient (Wildman–Crippen LogP) is 3.55. The third kappa shape index (κ3) is 6.73. The Morgan fingerprint density at radius 1 is 1.26 bits per heavy atom. The highest BCUT2D eigenvalue weighted by Gasteiger charge is 2.16. The van der Waals surface area contributed by atoms with Gasteiger partial charge in [0.2, 0.25) is 0 Å². The van der Waals surface area contributed by atoms with Crippen LogP contribution < -0.4 is 10.6 Å². The van der Waals surface area contributed by atoms with Crippen LogP contribution in [0.25, 0.3) is 0 Å². The quantitative estimate of drug-likeness (QED) is 0.397. The average Bonchev–Trinajstić information content (AvgIpc) is 2.66. The molecule has 0 radical (unpaired) electrons. The largest absolute Gasteiger partial charge is 0.390 e. The summed E-state index contributed by atoms with van der Waals surface area (Å²) in [7, 11) is 0. The van der Waals surface area contributed by atoms with E-state index in [4.69, 9.17) is 4.74 Å². The minimum absolute atomic E-state index is 0.0876. The van der Waals surface area contributed by atoms with E-state index >= 15 is 0 Å². The molecule has 146 valence electrons. The molecule has 2 rings (SSSR count). The number of hydrogen-bond acceptors (Lipinski definition) is 4. The molecule has 0 aliphatic heterocycles. The lowest BCUT2D eigenvalue weighted by molar-refractivity contribution is -0.117. The summed E-state index contributed by atoms with van der Waals surface area (Å²) in [6.07, 6.45) is 7.26. The standard InChI is InChI=1S/C22H31N3O2/c1-16(2)27-12-6-11-24-15-21(14-23)22(26)25-17(3)19-10-9-18-7-4-5-8-20(18)13-19/h9-10,13,15-17,24H,4-8,11-12H2,1-3H3,(H,25,26)/b21-15-. The number of aryl methyl sites for hydroxylation is 2. The summed E-state index contributed by atoms with van der Waals surface area (Å²) in [5.41, 5.74) is 3.98. The first-order valence-corrected chi connectivity index (χ1v) is 9.89. The third-order valence-corrected chi connectivity index (χ3v) is 4.75. The summed E-state index contributed by atoms with van der Waals surface area (Å²) in [4.78, 5) is 12.4. The Morgan fingerprint density at radius 2 is 2.00 bits per heavy atom. The Morgan fingerprint density at radius 3 is 2.70 bits per heavy atom. The van der Waals surface area contributed by atoms with Crippen LogP contribution in [-0.2, 0) is 22.4 Å². The Hall–Kier alpha value is -2.32. The Balaban J connectivity index is 1.86. The van der Waals surface area contributed by atoms with Crippen molar-refractivity contribution < 1.29 is 9.53 Å². The van der Waals surface area contributed by atoms with Crippen LogP contribution in [0.2, 0.25) is 0 Å². The number of fused-ring (bicyclic) bond motifs is 1. The van der Waals surface area contributed by atoms with E-state index in [1.807, 2.05) is 26.8 Å². The van der Waals surface area contributed by atoms with Gasteiger partial charge >= 0.3 is 0 Å². The number of amides is 1. The first-order valence-electron chi connectivity index (χ1n) is 9.89. The first-order chi connectivity index (χ1) is 13.0. The van der Waals surface area contributed by atoms with E-state index in [1.165, 1.54) is 30.2 Å². The summed E-state index contributed by atoms with van der Waals surface area (Å²) < 4.78 is 5.46.